The number of hydrogen-bond donors (Lipinski definition) is 2. The first kappa shape index (κ1) is 7.74. The molecule has 1 aromatic rings. The van der Waals surface area contributed by atoms with Crippen LogP contribution in [0.1, 0.15) is 5.56 Å². The van der Waals surface area contributed by atoms with Crippen LogP contribution in [0.15, 0.2) is 22.0 Å². The van der Waals surface area contributed by atoms with Crippen molar-refractivity contribution in [2.75, 3.05) is 0 Å². The van der Waals surface area contributed by atoms with Gasteiger partial charge in [-0.2, -0.15) is 11.3 Å². The molecule has 0 aromatic carbocycles. The van der Waals surface area contributed by atoms with Crippen molar-refractivity contribution in [3.05, 3.63) is 22.4 Å². The second-order valence-corrected chi connectivity index (χ2v) is 2.55. The quantitative estimate of drug-likeness (QED) is 0.396. The van der Waals surface area contributed by atoms with Crippen molar-refractivity contribution in [3.63, 3.8) is 0 Å². The van der Waals surface area contributed by atoms with Gasteiger partial charge >= 0.3 is 5.97 Å². The summed E-state index contributed by atoms with van der Waals surface area (Å²) >= 11 is 1.35. The maximum Gasteiger partial charge on any atom is 0.358 e. The van der Waals surface area contributed by atoms with Crippen molar-refractivity contribution in [2.24, 2.45) is 5.16 Å². The van der Waals surface area contributed by atoms with Crippen LogP contribution in [0.4, 0.5) is 0 Å². The number of oxime groups is 1. The van der Waals surface area contributed by atoms with Gasteiger partial charge in [0.15, 0.2) is 5.71 Å². The van der Waals surface area contributed by atoms with Gasteiger partial charge in [-0.15, -0.1) is 0 Å². The second kappa shape index (κ2) is 3.16. The molecule has 0 radical (unpaired) electrons. The molecule has 0 bridgehead atoms. The van der Waals surface area contributed by atoms with E-state index in [1.54, 1.807) is 16.8 Å². The highest BCUT2D eigenvalue weighted by Gasteiger charge is 2.12. The Kier molecular flexibility index (Phi) is 2.22. The van der Waals surface area contributed by atoms with Crippen molar-refractivity contribution >= 4 is 23.0 Å². The largest absolute Gasteiger partial charge is 0.476 e. The third-order valence-electron chi connectivity index (χ3n) is 1.10. The summed E-state index contributed by atoms with van der Waals surface area (Å²) in [6, 6.07) is 1.58. The molecule has 5 heteroatoms. The number of carbonyl (C=O) groups is 1. The monoisotopic (exact) mass is 171 g/mol. The minimum absolute atomic E-state index is 0.328. The van der Waals surface area contributed by atoms with Crippen molar-refractivity contribution in [1.29, 1.82) is 0 Å². The SMILES string of the molecule is O=C(O)C(=NO)c1ccsc1. The van der Waals surface area contributed by atoms with Gasteiger partial charge in [0.2, 0.25) is 0 Å². The van der Waals surface area contributed by atoms with E-state index in [0.29, 0.717) is 5.56 Å². The molecule has 58 valence electrons. The van der Waals surface area contributed by atoms with E-state index in [1.807, 2.05) is 0 Å². The molecule has 1 aromatic heterocycles. The van der Waals surface area contributed by atoms with Crippen LogP contribution in [0, 0.1) is 0 Å². The van der Waals surface area contributed by atoms with Crippen LogP contribution < -0.4 is 0 Å². The standard InChI is InChI=1S/C6H5NO3S/c8-6(9)5(7-10)4-1-2-11-3-4/h1-3,10H,(H,8,9). The molecule has 2 N–H and O–H groups in total. The molecule has 0 aliphatic carbocycles. The number of nitrogens with zero attached hydrogens (tertiary/aromatic N) is 1. The molecule has 1 heterocycles. The van der Waals surface area contributed by atoms with E-state index in [9.17, 15) is 4.79 Å². The summed E-state index contributed by atoms with van der Waals surface area (Å²) in [5, 5.41) is 22.7. The molecule has 0 aliphatic heterocycles. The molecule has 0 saturated carbocycles. The lowest BCUT2D eigenvalue weighted by Crippen LogP contribution is -2.13. The molecule has 0 spiro atoms. The van der Waals surface area contributed by atoms with Crippen LogP contribution in [0.2, 0.25) is 0 Å². The zero-order valence-corrected chi connectivity index (χ0v) is 6.21. The molecule has 0 saturated heterocycles. The summed E-state index contributed by atoms with van der Waals surface area (Å²) in [7, 11) is 0. The minimum atomic E-state index is -1.23. The zero-order chi connectivity index (χ0) is 8.27. The van der Waals surface area contributed by atoms with E-state index in [4.69, 9.17) is 10.3 Å². The average Bonchev–Trinajstić information content (AvgIpc) is 2.40. The Morgan fingerprint density at radius 2 is 2.36 bits per heavy atom. The predicted octanol–water partition coefficient (Wildman–Crippen LogP) is 1.01. The highest BCUT2D eigenvalue weighted by molar-refractivity contribution is 7.08. The van der Waals surface area contributed by atoms with Crippen LogP contribution >= 0.6 is 11.3 Å². The lowest BCUT2D eigenvalue weighted by Gasteiger charge is -1.91. The third kappa shape index (κ3) is 1.56. The summed E-state index contributed by atoms with van der Waals surface area (Å²) < 4.78 is 0. The van der Waals surface area contributed by atoms with Gasteiger partial charge in [0, 0.05) is 10.9 Å². The number of hydrogen-bond acceptors (Lipinski definition) is 4. The molecule has 0 amide bonds. The molecule has 0 atom stereocenters. The van der Waals surface area contributed by atoms with Crippen LogP contribution in [-0.4, -0.2) is 22.0 Å². The van der Waals surface area contributed by atoms with Crippen molar-refractivity contribution in [1.82, 2.24) is 0 Å². The van der Waals surface area contributed by atoms with E-state index in [2.05, 4.69) is 5.16 Å². The minimum Gasteiger partial charge on any atom is -0.476 e. The van der Waals surface area contributed by atoms with Crippen LogP contribution in [0.5, 0.6) is 0 Å². The molecule has 4 nitrogen and oxygen atoms in total. The Labute approximate surface area is 66.4 Å². The number of carboxylic acids is 1. The first-order valence-corrected chi connectivity index (χ1v) is 3.68. The first-order valence-electron chi connectivity index (χ1n) is 2.73. The van der Waals surface area contributed by atoms with Gasteiger partial charge in [-0.05, 0) is 11.4 Å². The highest BCUT2D eigenvalue weighted by atomic mass is 32.1. The Balaban J connectivity index is 2.99. The molecule has 1 rings (SSSR count). The van der Waals surface area contributed by atoms with Crippen LogP contribution in [0.25, 0.3) is 0 Å². The van der Waals surface area contributed by atoms with Crippen molar-refractivity contribution < 1.29 is 15.1 Å². The number of thiophene rings is 1. The number of carboxylic acid groups (broad SMARTS) is 1. The Bertz CT molecular complexity index is 278. The molecule has 0 unspecified atom stereocenters. The lowest BCUT2D eigenvalue weighted by atomic mass is 10.2. The summed E-state index contributed by atoms with van der Waals surface area (Å²) in [6.45, 7) is 0. The van der Waals surface area contributed by atoms with Gasteiger partial charge in [-0.3, -0.25) is 0 Å². The fourth-order valence-corrected chi connectivity index (χ4v) is 1.26. The van der Waals surface area contributed by atoms with E-state index >= 15 is 0 Å². The van der Waals surface area contributed by atoms with Crippen molar-refractivity contribution in [3.8, 4) is 0 Å². The Morgan fingerprint density at radius 1 is 1.64 bits per heavy atom. The zero-order valence-electron chi connectivity index (χ0n) is 5.39. The van der Waals surface area contributed by atoms with Gasteiger partial charge in [-0.1, -0.05) is 5.16 Å². The summed E-state index contributed by atoms with van der Waals surface area (Å²) in [5.41, 5.74) is 0.0938. The number of rotatable bonds is 2. The van der Waals surface area contributed by atoms with E-state index in [0.717, 1.165) is 0 Å². The fourth-order valence-electron chi connectivity index (χ4n) is 0.623. The predicted molar refractivity (Wildman–Crippen MR) is 40.3 cm³/mol. The topological polar surface area (TPSA) is 69.9 Å². The molecular formula is C6H5NO3S. The smallest absolute Gasteiger partial charge is 0.358 e. The summed E-state index contributed by atoms with van der Waals surface area (Å²) in [4.78, 5) is 10.3. The lowest BCUT2D eigenvalue weighted by molar-refractivity contribution is -0.129. The fraction of sp³-hybridized carbons (Fsp3) is 0. The Morgan fingerprint density at radius 3 is 2.73 bits per heavy atom. The van der Waals surface area contributed by atoms with Gasteiger partial charge in [0.05, 0.1) is 0 Å². The first-order chi connectivity index (χ1) is 5.25. The second-order valence-electron chi connectivity index (χ2n) is 1.77. The summed E-state index contributed by atoms with van der Waals surface area (Å²) in [6.07, 6.45) is 0. The average molecular weight is 171 g/mol. The van der Waals surface area contributed by atoms with Gasteiger partial charge in [0.1, 0.15) is 0 Å². The highest BCUT2D eigenvalue weighted by Crippen LogP contribution is 2.07. The maximum atomic E-state index is 10.3. The molecule has 0 fully saturated rings. The van der Waals surface area contributed by atoms with Crippen LogP contribution in [0.3, 0.4) is 0 Å². The van der Waals surface area contributed by atoms with Crippen LogP contribution in [-0.2, 0) is 4.79 Å². The molecule has 11 heavy (non-hydrogen) atoms. The Hall–Kier alpha value is -1.36. The maximum absolute atomic E-state index is 10.3. The van der Waals surface area contributed by atoms with E-state index in [-0.39, 0.29) is 5.71 Å². The summed E-state index contributed by atoms with van der Waals surface area (Å²) in [5.74, 6) is -1.23. The van der Waals surface area contributed by atoms with Gasteiger partial charge in [-0.25, -0.2) is 4.79 Å². The van der Waals surface area contributed by atoms with Gasteiger partial charge < -0.3 is 10.3 Å². The van der Waals surface area contributed by atoms with E-state index in [1.165, 1.54) is 11.3 Å². The third-order valence-corrected chi connectivity index (χ3v) is 1.78. The van der Waals surface area contributed by atoms with E-state index < -0.39 is 5.97 Å². The van der Waals surface area contributed by atoms with Crippen molar-refractivity contribution in [2.45, 2.75) is 0 Å². The normalized spacial score (nSPS) is 11.5. The number of aliphatic carboxylic acids is 1. The van der Waals surface area contributed by atoms with Gasteiger partial charge in [0.25, 0.3) is 0 Å². The molecular weight excluding hydrogens is 166 g/mol. The molecule has 0 aliphatic rings.